The monoisotopic (exact) mass is 297 g/mol. The van der Waals surface area contributed by atoms with Gasteiger partial charge in [0.15, 0.2) is 5.17 Å². The molecule has 0 unspecified atom stereocenters. The fraction of sp³-hybridized carbons (Fsp3) is 0.250. The number of aryl methyl sites for hydroxylation is 1. The van der Waals surface area contributed by atoms with Gasteiger partial charge in [0.1, 0.15) is 11.5 Å². The van der Waals surface area contributed by atoms with Crippen molar-refractivity contribution in [2.45, 2.75) is 13.5 Å². The van der Waals surface area contributed by atoms with Gasteiger partial charge in [0.05, 0.1) is 6.54 Å². The molecule has 1 aromatic carbocycles. The Hall–Kier alpha value is -2.19. The summed E-state index contributed by atoms with van der Waals surface area (Å²) in [5.41, 5.74) is 2.31. The second-order valence-electron chi connectivity index (χ2n) is 4.90. The number of hydrogen-bond donors (Lipinski definition) is 0. The molecule has 106 valence electrons. The van der Waals surface area contributed by atoms with Crippen molar-refractivity contribution in [1.29, 1.82) is 5.26 Å². The second-order valence-corrected chi connectivity index (χ2v) is 5.96. The molecule has 21 heavy (non-hydrogen) atoms. The van der Waals surface area contributed by atoms with Crippen molar-refractivity contribution in [3.8, 4) is 17.5 Å². The Bertz CT molecular complexity index is 697. The van der Waals surface area contributed by atoms with E-state index in [-0.39, 0.29) is 0 Å². The zero-order chi connectivity index (χ0) is 14.7. The minimum absolute atomic E-state index is 0.652. The van der Waals surface area contributed by atoms with Gasteiger partial charge in [-0.1, -0.05) is 41.6 Å². The third-order valence-corrected chi connectivity index (χ3v) is 4.35. The van der Waals surface area contributed by atoms with Gasteiger partial charge in [0.2, 0.25) is 6.19 Å². The number of aliphatic imine (C=N–C) groups is 1. The van der Waals surface area contributed by atoms with Gasteiger partial charge in [-0.3, -0.25) is 0 Å². The fourth-order valence-corrected chi connectivity index (χ4v) is 3.19. The van der Waals surface area contributed by atoms with Crippen molar-refractivity contribution >= 4 is 16.9 Å². The lowest BCUT2D eigenvalue weighted by Gasteiger charge is -2.14. The first-order chi connectivity index (χ1) is 10.3. The first-order valence-corrected chi connectivity index (χ1v) is 7.75. The van der Waals surface area contributed by atoms with Crippen LogP contribution in [0, 0.1) is 18.4 Å². The molecule has 1 aromatic heterocycles. The lowest BCUT2D eigenvalue weighted by molar-refractivity contribution is 0.392. The molecule has 1 saturated heterocycles. The van der Waals surface area contributed by atoms with Gasteiger partial charge in [-0.05, 0) is 19.1 Å². The van der Waals surface area contributed by atoms with Gasteiger partial charge in [-0.25, -0.2) is 0 Å². The number of amidine groups is 1. The summed E-state index contributed by atoms with van der Waals surface area (Å²) in [6.07, 6.45) is 1.86. The largest absolute Gasteiger partial charge is 0.459 e. The molecule has 0 N–H and O–H groups in total. The molecule has 0 bridgehead atoms. The zero-order valence-corrected chi connectivity index (χ0v) is 12.6. The molecule has 1 aliphatic heterocycles. The average Bonchev–Trinajstić information content (AvgIpc) is 3.11. The average molecular weight is 297 g/mol. The van der Waals surface area contributed by atoms with Gasteiger partial charge in [0, 0.05) is 17.9 Å². The van der Waals surface area contributed by atoms with Gasteiger partial charge in [-0.15, -0.1) is 4.99 Å². The van der Waals surface area contributed by atoms with Crippen LogP contribution in [0.15, 0.2) is 45.8 Å². The van der Waals surface area contributed by atoms with Gasteiger partial charge in [0.25, 0.3) is 0 Å². The minimum Gasteiger partial charge on any atom is -0.459 e. The van der Waals surface area contributed by atoms with E-state index in [0.717, 1.165) is 34.5 Å². The summed E-state index contributed by atoms with van der Waals surface area (Å²) in [5.74, 6) is 2.72. The van der Waals surface area contributed by atoms with Crippen LogP contribution in [0.25, 0.3) is 11.3 Å². The Balaban J connectivity index is 1.75. The molecule has 0 radical (unpaired) electrons. The third kappa shape index (κ3) is 3.11. The van der Waals surface area contributed by atoms with Crippen molar-refractivity contribution in [2.75, 3.05) is 12.3 Å². The van der Waals surface area contributed by atoms with Crippen LogP contribution < -0.4 is 0 Å². The van der Waals surface area contributed by atoms with E-state index >= 15 is 0 Å². The Kier molecular flexibility index (Phi) is 3.98. The van der Waals surface area contributed by atoms with Crippen molar-refractivity contribution in [3.63, 3.8) is 0 Å². The third-order valence-electron chi connectivity index (χ3n) is 3.35. The van der Waals surface area contributed by atoms with Crippen molar-refractivity contribution in [1.82, 2.24) is 4.90 Å². The summed E-state index contributed by atoms with van der Waals surface area (Å²) in [4.78, 5) is 5.92. The van der Waals surface area contributed by atoms with Crippen molar-refractivity contribution < 1.29 is 4.42 Å². The number of rotatable bonds is 3. The Labute approximate surface area is 128 Å². The van der Waals surface area contributed by atoms with E-state index in [1.807, 2.05) is 18.3 Å². The highest BCUT2D eigenvalue weighted by Gasteiger charge is 2.20. The molecular formula is C16H15N3OS. The first-order valence-electron chi connectivity index (χ1n) is 6.76. The molecule has 0 spiro atoms. The van der Waals surface area contributed by atoms with Crippen LogP contribution in [-0.2, 0) is 6.54 Å². The molecule has 3 rings (SSSR count). The first kappa shape index (κ1) is 13.8. The van der Waals surface area contributed by atoms with Crippen LogP contribution in [0.4, 0.5) is 0 Å². The zero-order valence-electron chi connectivity index (χ0n) is 11.7. The topological polar surface area (TPSA) is 52.5 Å². The normalized spacial score (nSPS) is 16.4. The lowest BCUT2D eigenvalue weighted by Crippen LogP contribution is -2.23. The number of hydrogen-bond acceptors (Lipinski definition) is 4. The van der Waals surface area contributed by atoms with E-state index in [1.54, 1.807) is 11.8 Å². The lowest BCUT2D eigenvalue weighted by atomic mass is 10.1. The van der Waals surface area contributed by atoms with Crippen molar-refractivity contribution in [2.24, 2.45) is 4.99 Å². The molecule has 4 nitrogen and oxygen atoms in total. The van der Waals surface area contributed by atoms with E-state index < -0.39 is 0 Å². The summed E-state index contributed by atoms with van der Waals surface area (Å²) in [6, 6.07) is 12.3. The Morgan fingerprint density at radius 2 is 2.10 bits per heavy atom. The standard InChI is InChI=1S/C16H15N3OS/c1-12-2-4-13(5-3-12)15-7-6-14(20-15)10-19-8-9-21-16(19)18-11-17/h2-7H,8-10H2,1H3. The van der Waals surface area contributed by atoms with Crippen LogP contribution in [0.1, 0.15) is 11.3 Å². The number of thioether (sulfide) groups is 1. The van der Waals surface area contributed by atoms with E-state index in [4.69, 9.17) is 9.68 Å². The molecule has 1 fully saturated rings. The predicted octanol–water partition coefficient (Wildman–Crippen LogP) is 3.64. The number of furan rings is 1. The molecule has 0 saturated carbocycles. The maximum atomic E-state index is 8.68. The maximum absolute atomic E-state index is 8.68. The van der Waals surface area contributed by atoms with Crippen molar-refractivity contribution in [3.05, 3.63) is 47.7 Å². The molecule has 5 heteroatoms. The molecule has 2 heterocycles. The highest BCUT2D eigenvalue weighted by atomic mass is 32.2. The number of nitrogens with zero attached hydrogens (tertiary/aromatic N) is 3. The van der Waals surface area contributed by atoms with Crippen LogP contribution in [0.3, 0.4) is 0 Å². The molecule has 1 aliphatic rings. The Morgan fingerprint density at radius 1 is 1.29 bits per heavy atom. The van der Waals surface area contributed by atoms with Crippen LogP contribution >= 0.6 is 11.8 Å². The number of benzene rings is 1. The smallest absolute Gasteiger partial charge is 0.208 e. The van der Waals surface area contributed by atoms with Gasteiger partial charge < -0.3 is 9.32 Å². The van der Waals surface area contributed by atoms with Crippen LogP contribution in [-0.4, -0.2) is 22.4 Å². The molecule has 0 aliphatic carbocycles. The Morgan fingerprint density at radius 3 is 2.86 bits per heavy atom. The summed E-state index contributed by atoms with van der Waals surface area (Å²) >= 11 is 1.61. The fourth-order valence-electron chi connectivity index (χ4n) is 2.25. The second kappa shape index (κ2) is 6.06. The molecule has 0 amide bonds. The van der Waals surface area contributed by atoms with E-state index in [2.05, 4.69) is 41.1 Å². The van der Waals surface area contributed by atoms with Crippen LogP contribution in [0.2, 0.25) is 0 Å². The quantitative estimate of drug-likeness (QED) is 0.812. The van der Waals surface area contributed by atoms with Crippen LogP contribution in [0.5, 0.6) is 0 Å². The summed E-state index contributed by atoms with van der Waals surface area (Å²) in [7, 11) is 0. The van der Waals surface area contributed by atoms with E-state index in [9.17, 15) is 0 Å². The summed E-state index contributed by atoms with van der Waals surface area (Å²) in [5, 5.41) is 9.47. The molecule has 0 atom stereocenters. The van der Waals surface area contributed by atoms with E-state index in [0.29, 0.717) is 6.54 Å². The minimum atomic E-state index is 0.652. The van der Waals surface area contributed by atoms with E-state index in [1.165, 1.54) is 5.56 Å². The van der Waals surface area contributed by atoms with Gasteiger partial charge >= 0.3 is 0 Å². The SMILES string of the molecule is Cc1ccc(-c2ccc(CN3CCSC3=NC#N)o2)cc1. The molecular weight excluding hydrogens is 282 g/mol. The summed E-state index contributed by atoms with van der Waals surface area (Å²) in [6.45, 7) is 3.61. The molecule has 2 aromatic rings. The van der Waals surface area contributed by atoms with Gasteiger partial charge in [-0.2, -0.15) is 5.26 Å². The predicted molar refractivity (Wildman–Crippen MR) is 84.8 cm³/mol. The summed E-state index contributed by atoms with van der Waals surface area (Å²) < 4.78 is 5.91. The number of nitriles is 1. The highest BCUT2D eigenvalue weighted by molar-refractivity contribution is 8.14. The maximum Gasteiger partial charge on any atom is 0.208 e. The highest BCUT2D eigenvalue weighted by Crippen LogP contribution is 2.25.